The summed E-state index contributed by atoms with van der Waals surface area (Å²) in [6.45, 7) is 0. The number of anilines is 1. The topological polar surface area (TPSA) is 58.5 Å². The number of hydrogen-bond donors (Lipinski definition) is 1. The SMILES string of the molecule is O=c1c(=NNc2ccc(F)cc2)c(=O)c2ccccc12. The molecule has 1 N–H and O–H groups in total. The van der Waals surface area contributed by atoms with Crippen LogP contribution < -0.4 is 21.6 Å². The van der Waals surface area contributed by atoms with Crippen LogP contribution in [0.3, 0.4) is 0 Å². The molecule has 4 nitrogen and oxygen atoms in total. The standard InChI is InChI=1S/C15H9FN2O2/c16-9-5-7-10(8-6-9)17-18-13-14(19)11-3-1-2-4-12(11)15(13)20/h1-8,17H. The molecule has 0 unspecified atom stereocenters. The molecule has 20 heavy (non-hydrogen) atoms. The molecule has 0 spiro atoms. The lowest BCUT2D eigenvalue weighted by atomic mass is 10.2. The lowest BCUT2D eigenvalue weighted by Gasteiger charge is -1.97. The predicted molar refractivity (Wildman–Crippen MR) is 74.4 cm³/mol. The van der Waals surface area contributed by atoms with Gasteiger partial charge in [-0.15, -0.1) is 0 Å². The molecule has 0 amide bonds. The van der Waals surface area contributed by atoms with Gasteiger partial charge in [-0.1, -0.05) is 24.3 Å². The first-order valence-electron chi connectivity index (χ1n) is 5.94. The molecule has 0 fully saturated rings. The fourth-order valence-corrected chi connectivity index (χ4v) is 1.98. The zero-order valence-electron chi connectivity index (χ0n) is 10.3. The van der Waals surface area contributed by atoms with Gasteiger partial charge in [-0.25, -0.2) is 4.39 Å². The lowest BCUT2D eigenvalue weighted by molar-refractivity contribution is 0.628. The summed E-state index contributed by atoms with van der Waals surface area (Å²) in [5.41, 5.74) is 2.28. The minimum atomic E-state index is -0.403. The van der Waals surface area contributed by atoms with Crippen molar-refractivity contribution in [2.75, 3.05) is 5.43 Å². The van der Waals surface area contributed by atoms with E-state index in [1.54, 1.807) is 24.3 Å². The van der Waals surface area contributed by atoms with Crippen molar-refractivity contribution in [1.82, 2.24) is 0 Å². The van der Waals surface area contributed by atoms with E-state index in [4.69, 9.17) is 0 Å². The fraction of sp³-hybridized carbons (Fsp3) is 0. The zero-order valence-corrected chi connectivity index (χ0v) is 10.3. The summed E-state index contributed by atoms with van der Waals surface area (Å²) < 4.78 is 12.8. The number of nitrogens with one attached hydrogen (secondary N) is 1. The number of halogens is 1. The Labute approximate surface area is 112 Å². The quantitative estimate of drug-likeness (QED) is 0.717. The molecule has 3 aromatic rings. The van der Waals surface area contributed by atoms with E-state index >= 15 is 0 Å². The van der Waals surface area contributed by atoms with Crippen LogP contribution in [0.15, 0.2) is 63.2 Å². The zero-order chi connectivity index (χ0) is 14.1. The summed E-state index contributed by atoms with van der Waals surface area (Å²) in [5.74, 6) is -0.372. The second-order valence-corrected chi connectivity index (χ2v) is 4.28. The molecule has 98 valence electrons. The van der Waals surface area contributed by atoms with E-state index in [0.29, 0.717) is 16.5 Å². The molecule has 0 heterocycles. The summed E-state index contributed by atoms with van der Waals surface area (Å²) in [5, 5.41) is 4.41. The van der Waals surface area contributed by atoms with E-state index in [9.17, 15) is 14.0 Å². The first-order chi connectivity index (χ1) is 9.66. The molecule has 0 aliphatic heterocycles. The number of nitrogens with zero attached hydrogens (tertiary/aromatic N) is 1. The van der Waals surface area contributed by atoms with E-state index in [1.807, 2.05) is 0 Å². The molecule has 0 atom stereocenters. The number of rotatable bonds is 2. The minimum absolute atomic E-state index is 0.157. The van der Waals surface area contributed by atoms with Crippen LogP contribution in [-0.4, -0.2) is 0 Å². The molecule has 3 aromatic carbocycles. The number of benzene rings is 2. The highest BCUT2D eigenvalue weighted by molar-refractivity contribution is 5.83. The van der Waals surface area contributed by atoms with Gasteiger partial charge in [0, 0.05) is 10.8 Å². The smallest absolute Gasteiger partial charge is 0.217 e. The highest BCUT2D eigenvalue weighted by atomic mass is 19.1. The van der Waals surface area contributed by atoms with Crippen LogP contribution in [0, 0.1) is 5.82 Å². The average Bonchev–Trinajstić information content (AvgIpc) is 2.71. The van der Waals surface area contributed by atoms with Crippen molar-refractivity contribution in [2.24, 2.45) is 5.10 Å². The second kappa shape index (κ2) is 4.70. The van der Waals surface area contributed by atoms with Crippen LogP contribution in [-0.2, 0) is 0 Å². The molecule has 0 aliphatic rings. The van der Waals surface area contributed by atoms with Gasteiger partial charge in [-0.05, 0) is 24.3 Å². The van der Waals surface area contributed by atoms with Gasteiger partial charge in [0.05, 0.1) is 5.69 Å². The van der Waals surface area contributed by atoms with Crippen LogP contribution in [0.25, 0.3) is 10.8 Å². The Morgan fingerprint density at radius 2 is 1.40 bits per heavy atom. The van der Waals surface area contributed by atoms with Crippen molar-refractivity contribution in [3.63, 3.8) is 0 Å². The molecular formula is C15H9FN2O2. The maximum atomic E-state index is 12.8. The van der Waals surface area contributed by atoms with Gasteiger partial charge in [-0.3, -0.25) is 15.0 Å². The molecule has 5 heteroatoms. The summed E-state index contributed by atoms with van der Waals surface area (Å²) in [7, 11) is 0. The number of hydrogen-bond acceptors (Lipinski definition) is 4. The Morgan fingerprint density at radius 3 is 1.95 bits per heavy atom. The van der Waals surface area contributed by atoms with E-state index in [1.165, 1.54) is 24.3 Å². The van der Waals surface area contributed by atoms with Gasteiger partial charge in [0.2, 0.25) is 10.9 Å². The van der Waals surface area contributed by atoms with E-state index < -0.39 is 10.9 Å². The third-order valence-corrected chi connectivity index (χ3v) is 2.99. The van der Waals surface area contributed by atoms with Crippen molar-refractivity contribution < 1.29 is 4.39 Å². The maximum Gasteiger partial charge on any atom is 0.217 e. The molecule has 0 aliphatic carbocycles. The second-order valence-electron chi connectivity index (χ2n) is 4.28. The molecule has 0 saturated heterocycles. The van der Waals surface area contributed by atoms with Crippen LogP contribution in [0.2, 0.25) is 0 Å². The highest BCUT2D eigenvalue weighted by Gasteiger charge is 2.09. The Morgan fingerprint density at radius 1 is 0.850 bits per heavy atom. The van der Waals surface area contributed by atoms with E-state index in [-0.39, 0.29) is 11.2 Å². The fourth-order valence-electron chi connectivity index (χ4n) is 1.98. The van der Waals surface area contributed by atoms with Gasteiger partial charge in [-0.2, -0.15) is 5.10 Å². The Bertz CT molecular complexity index is 873. The van der Waals surface area contributed by atoms with E-state index in [0.717, 1.165) is 0 Å². The van der Waals surface area contributed by atoms with E-state index in [2.05, 4.69) is 10.5 Å². The monoisotopic (exact) mass is 268 g/mol. The Kier molecular flexibility index (Phi) is 2.87. The molecule has 0 saturated carbocycles. The highest BCUT2D eigenvalue weighted by Crippen LogP contribution is 2.07. The van der Waals surface area contributed by atoms with Crippen molar-refractivity contribution in [3.05, 3.63) is 80.2 Å². The third-order valence-electron chi connectivity index (χ3n) is 2.99. The van der Waals surface area contributed by atoms with Gasteiger partial charge in [0.1, 0.15) is 5.82 Å². The molecule has 0 radical (unpaired) electrons. The van der Waals surface area contributed by atoms with Crippen LogP contribution in [0.4, 0.5) is 10.1 Å². The largest absolute Gasteiger partial charge is 0.287 e. The van der Waals surface area contributed by atoms with Gasteiger partial charge >= 0.3 is 0 Å². The summed E-state index contributed by atoms with van der Waals surface area (Å²) in [6, 6.07) is 12.0. The minimum Gasteiger partial charge on any atom is -0.287 e. The van der Waals surface area contributed by atoms with Gasteiger partial charge < -0.3 is 0 Å². The number of fused-ring (bicyclic) bond motifs is 1. The molecular weight excluding hydrogens is 259 g/mol. The molecule has 0 aromatic heterocycles. The summed E-state index contributed by atoms with van der Waals surface area (Å²) >= 11 is 0. The first-order valence-corrected chi connectivity index (χ1v) is 5.94. The summed E-state index contributed by atoms with van der Waals surface area (Å²) in [6.07, 6.45) is 0. The van der Waals surface area contributed by atoms with Crippen molar-refractivity contribution >= 4 is 16.5 Å². The van der Waals surface area contributed by atoms with Crippen molar-refractivity contribution in [3.8, 4) is 0 Å². The van der Waals surface area contributed by atoms with Crippen LogP contribution in [0.5, 0.6) is 0 Å². The average molecular weight is 268 g/mol. The Balaban J connectivity index is 2.10. The van der Waals surface area contributed by atoms with Crippen molar-refractivity contribution in [1.29, 1.82) is 0 Å². The lowest BCUT2D eigenvalue weighted by Crippen LogP contribution is -2.32. The normalized spacial score (nSPS) is 10.7. The molecule has 3 rings (SSSR count). The van der Waals surface area contributed by atoms with Gasteiger partial charge in [0.25, 0.3) is 0 Å². The van der Waals surface area contributed by atoms with Crippen LogP contribution in [0.1, 0.15) is 0 Å². The Hall–Kier alpha value is -2.82. The maximum absolute atomic E-state index is 12.8. The van der Waals surface area contributed by atoms with Gasteiger partial charge in [0.15, 0.2) is 5.36 Å². The third kappa shape index (κ3) is 1.99. The van der Waals surface area contributed by atoms with Crippen molar-refractivity contribution in [2.45, 2.75) is 0 Å². The predicted octanol–water partition coefficient (Wildman–Crippen LogP) is 1.50. The first kappa shape index (κ1) is 12.2. The van der Waals surface area contributed by atoms with Crippen LogP contribution >= 0.6 is 0 Å². The molecule has 0 bridgehead atoms. The summed E-state index contributed by atoms with van der Waals surface area (Å²) in [4.78, 5) is 24.1.